The molecule has 20 heteroatoms. The average Bonchev–Trinajstić information content (AvgIpc) is 3.15. The lowest BCUT2D eigenvalue weighted by Crippen LogP contribution is -2.58. The number of aliphatic imine (C=N–C) groups is 1. The SMILES string of the molecule is NC(=O)CC[C@H](NC(=O)[C@H](CCC(N)=O)NC(=O)[C@@H](N)Cc1ccccc1)C(=O)N[C@@H](Cc1ccccc1)C(=O)NCC(=O)N[C@@H](CCCN=C(N)N)C(=O)O. The molecular weight excluding hydrogens is 730 g/mol. The van der Waals surface area contributed by atoms with E-state index in [4.69, 9.17) is 28.7 Å². The Morgan fingerprint density at radius 3 is 1.55 bits per heavy atom. The molecule has 56 heavy (non-hydrogen) atoms. The summed E-state index contributed by atoms with van der Waals surface area (Å²) in [5, 5.41) is 21.7. The first-order valence-corrected chi connectivity index (χ1v) is 17.7. The zero-order chi connectivity index (χ0) is 41.6. The molecule has 0 heterocycles. The number of nitrogens with two attached hydrogens (primary N) is 5. The van der Waals surface area contributed by atoms with E-state index in [2.05, 4.69) is 31.6 Å². The van der Waals surface area contributed by atoms with Crippen LogP contribution in [0.1, 0.15) is 49.7 Å². The number of carbonyl (C=O) groups is 8. The topological polar surface area (TPSA) is 359 Å². The lowest BCUT2D eigenvalue weighted by molar-refractivity contribution is -0.142. The van der Waals surface area contributed by atoms with Crippen molar-refractivity contribution < 1.29 is 43.5 Å². The molecule has 0 aliphatic heterocycles. The van der Waals surface area contributed by atoms with Crippen LogP contribution < -0.4 is 55.3 Å². The molecule has 0 unspecified atom stereocenters. The summed E-state index contributed by atoms with van der Waals surface area (Å²) in [6.07, 6.45) is -0.990. The van der Waals surface area contributed by atoms with Crippen molar-refractivity contribution >= 4 is 53.3 Å². The fraction of sp³-hybridized carbons (Fsp3) is 0.417. The van der Waals surface area contributed by atoms with Crippen LogP contribution in [0, 0.1) is 0 Å². The molecule has 0 saturated heterocycles. The smallest absolute Gasteiger partial charge is 0.326 e. The van der Waals surface area contributed by atoms with Crippen LogP contribution in [-0.2, 0) is 51.2 Å². The van der Waals surface area contributed by atoms with Gasteiger partial charge < -0.3 is 60.4 Å². The molecule has 0 bridgehead atoms. The van der Waals surface area contributed by atoms with Gasteiger partial charge in [-0.15, -0.1) is 0 Å². The first-order chi connectivity index (χ1) is 26.5. The summed E-state index contributed by atoms with van der Waals surface area (Å²) in [5.41, 5.74) is 28.6. The van der Waals surface area contributed by atoms with Crippen LogP contribution in [-0.4, -0.2) is 102 Å². The van der Waals surface area contributed by atoms with E-state index in [9.17, 15) is 43.5 Å². The highest BCUT2D eigenvalue weighted by Crippen LogP contribution is 2.08. The van der Waals surface area contributed by atoms with Crippen molar-refractivity contribution in [2.24, 2.45) is 33.7 Å². The van der Waals surface area contributed by atoms with Crippen molar-refractivity contribution in [1.82, 2.24) is 26.6 Å². The number of hydrogen-bond acceptors (Lipinski definition) is 10. The van der Waals surface area contributed by atoms with E-state index in [0.717, 1.165) is 5.56 Å². The number of carboxylic acid groups (broad SMARTS) is 1. The van der Waals surface area contributed by atoms with Crippen molar-refractivity contribution in [1.29, 1.82) is 0 Å². The minimum absolute atomic E-state index is 0.00947. The van der Waals surface area contributed by atoms with Gasteiger partial charge in [-0.05, 0) is 43.2 Å². The number of aliphatic carboxylic acids is 1. The number of nitrogens with one attached hydrogen (secondary N) is 5. The third-order valence-electron chi connectivity index (χ3n) is 8.18. The van der Waals surface area contributed by atoms with E-state index in [1.165, 1.54) is 0 Å². The highest BCUT2D eigenvalue weighted by molar-refractivity contribution is 5.96. The van der Waals surface area contributed by atoms with Crippen molar-refractivity contribution in [3.63, 3.8) is 0 Å². The van der Waals surface area contributed by atoms with Crippen LogP contribution in [0.3, 0.4) is 0 Å². The number of carbonyl (C=O) groups excluding carboxylic acids is 7. The van der Waals surface area contributed by atoms with Crippen molar-refractivity contribution in [3.8, 4) is 0 Å². The molecule has 5 atom stereocenters. The van der Waals surface area contributed by atoms with Crippen LogP contribution in [0.25, 0.3) is 0 Å². The van der Waals surface area contributed by atoms with Gasteiger partial charge in [-0.1, -0.05) is 60.7 Å². The number of nitrogens with zero attached hydrogens (tertiary/aromatic N) is 1. The molecule has 0 aliphatic rings. The summed E-state index contributed by atoms with van der Waals surface area (Å²) >= 11 is 0. The first-order valence-electron chi connectivity index (χ1n) is 17.7. The number of carboxylic acids is 1. The first kappa shape index (κ1) is 45.6. The Balaban J connectivity index is 2.22. The summed E-state index contributed by atoms with van der Waals surface area (Å²) in [4.78, 5) is 105. The maximum absolute atomic E-state index is 13.7. The molecule has 2 rings (SSSR count). The molecule has 0 radical (unpaired) electrons. The van der Waals surface area contributed by atoms with Crippen molar-refractivity contribution in [2.75, 3.05) is 13.1 Å². The van der Waals surface area contributed by atoms with Gasteiger partial charge >= 0.3 is 5.97 Å². The normalized spacial score (nSPS) is 13.3. The Kier molecular flexibility index (Phi) is 19.5. The van der Waals surface area contributed by atoms with Crippen LogP contribution in [0.5, 0.6) is 0 Å². The summed E-state index contributed by atoms with van der Waals surface area (Å²) in [5.74, 6) is -7.29. The van der Waals surface area contributed by atoms with E-state index in [0.29, 0.717) is 5.56 Å². The molecule has 20 nitrogen and oxygen atoms in total. The molecule has 0 aliphatic carbocycles. The molecule has 0 aromatic heterocycles. The number of rotatable bonds is 25. The predicted octanol–water partition coefficient (Wildman–Crippen LogP) is -3.48. The van der Waals surface area contributed by atoms with Gasteiger partial charge in [0, 0.05) is 25.8 Å². The summed E-state index contributed by atoms with van der Waals surface area (Å²) in [6, 6.07) is 10.7. The molecule has 2 aromatic rings. The Hall–Kier alpha value is -6.57. The largest absolute Gasteiger partial charge is 0.480 e. The fourth-order valence-corrected chi connectivity index (χ4v) is 5.25. The van der Waals surface area contributed by atoms with Crippen LogP contribution in [0.15, 0.2) is 65.7 Å². The second kappa shape index (κ2) is 24.0. The second-order valence-electron chi connectivity index (χ2n) is 12.8. The summed E-state index contributed by atoms with van der Waals surface area (Å²) in [7, 11) is 0. The lowest BCUT2D eigenvalue weighted by Gasteiger charge is -2.26. The summed E-state index contributed by atoms with van der Waals surface area (Å²) in [6.45, 7) is -0.529. The Labute approximate surface area is 323 Å². The average molecular weight is 782 g/mol. The van der Waals surface area contributed by atoms with Gasteiger partial charge in [0.05, 0.1) is 12.6 Å². The molecule has 7 amide bonds. The van der Waals surface area contributed by atoms with Crippen LogP contribution in [0.4, 0.5) is 0 Å². The van der Waals surface area contributed by atoms with E-state index in [1.54, 1.807) is 60.7 Å². The van der Waals surface area contributed by atoms with Gasteiger partial charge in [0.25, 0.3) is 0 Å². The Morgan fingerprint density at radius 1 is 0.589 bits per heavy atom. The number of guanidine groups is 1. The molecule has 0 saturated carbocycles. The zero-order valence-electron chi connectivity index (χ0n) is 30.8. The Bertz CT molecular complexity index is 1690. The number of hydrogen-bond donors (Lipinski definition) is 11. The van der Waals surface area contributed by atoms with E-state index in [-0.39, 0.29) is 63.9 Å². The maximum Gasteiger partial charge on any atom is 0.326 e. The minimum Gasteiger partial charge on any atom is -0.480 e. The number of amides is 7. The quantitative estimate of drug-likeness (QED) is 0.0266. The fourth-order valence-electron chi connectivity index (χ4n) is 5.25. The number of benzene rings is 2. The predicted molar refractivity (Wildman–Crippen MR) is 203 cm³/mol. The van der Waals surface area contributed by atoms with Gasteiger partial charge in [-0.2, -0.15) is 0 Å². The Morgan fingerprint density at radius 2 is 1.07 bits per heavy atom. The molecular formula is C36H51N11O9. The van der Waals surface area contributed by atoms with Gasteiger partial charge in [0.2, 0.25) is 41.4 Å². The highest BCUT2D eigenvalue weighted by atomic mass is 16.4. The molecule has 0 fully saturated rings. The molecule has 304 valence electrons. The summed E-state index contributed by atoms with van der Waals surface area (Å²) < 4.78 is 0. The third-order valence-corrected chi connectivity index (χ3v) is 8.18. The molecule has 2 aromatic carbocycles. The molecule has 16 N–H and O–H groups in total. The minimum atomic E-state index is -1.48. The van der Waals surface area contributed by atoms with Crippen LogP contribution >= 0.6 is 0 Å². The van der Waals surface area contributed by atoms with E-state index in [1.807, 2.05) is 0 Å². The number of primary amides is 2. The van der Waals surface area contributed by atoms with Gasteiger partial charge in [-0.25, -0.2) is 4.79 Å². The maximum atomic E-state index is 13.7. The standard InChI is InChI=1S/C36H51N11O9/c37-23(18-21-8-3-1-4-9-21)31(51)45-24(13-15-28(38)48)33(53)46-25(14-16-29(39)49)34(54)47-27(19-22-10-5-2-6-11-22)32(52)43-20-30(50)44-26(35(55)56)12-7-17-42-36(40)41/h1-6,8-11,23-27H,7,12-20,37H2,(H2,38,48)(H2,39,49)(H,43,52)(H,44,50)(H,45,51)(H,46,53)(H,47,54)(H,55,56)(H4,40,41,42)/t23-,24-,25-,26-,27-/m0/s1. The van der Waals surface area contributed by atoms with Gasteiger partial charge in [0.15, 0.2) is 5.96 Å². The van der Waals surface area contributed by atoms with Crippen LogP contribution in [0.2, 0.25) is 0 Å². The van der Waals surface area contributed by atoms with E-state index >= 15 is 0 Å². The van der Waals surface area contributed by atoms with Gasteiger partial charge in [-0.3, -0.25) is 38.6 Å². The monoisotopic (exact) mass is 781 g/mol. The van der Waals surface area contributed by atoms with E-state index < -0.39 is 84.1 Å². The second-order valence-corrected chi connectivity index (χ2v) is 12.8. The zero-order valence-corrected chi connectivity index (χ0v) is 30.8. The third kappa shape index (κ3) is 18.0. The van der Waals surface area contributed by atoms with Crippen molar-refractivity contribution in [3.05, 3.63) is 71.8 Å². The van der Waals surface area contributed by atoms with Gasteiger partial charge in [0.1, 0.15) is 24.2 Å². The highest BCUT2D eigenvalue weighted by Gasteiger charge is 2.31. The lowest BCUT2D eigenvalue weighted by atomic mass is 10.0. The molecule has 0 spiro atoms. The van der Waals surface area contributed by atoms with Crippen molar-refractivity contribution in [2.45, 2.75) is 81.6 Å².